The van der Waals surface area contributed by atoms with E-state index in [-0.39, 0.29) is 17.6 Å². The molecule has 0 aliphatic carbocycles. The third-order valence-corrected chi connectivity index (χ3v) is 5.07. The number of ether oxygens (including phenoxy) is 2. The first-order chi connectivity index (χ1) is 12.4. The quantitative estimate of drug-likeness (QED) is 0.323. The fourth-order valence-electron chi connectivity index (χ4n) is 2.90. The SMILES string of the molecule is CCC(C)C(C)OC(=O)/C(=C/C(=O)O)CCCCCCN1CCOCC1. The molecule has 1 heterocycles. The number of hydrogen-bond acceptors (Lipinski definition) is 5. The minimum atomic E-state index is -1.10. The van der Waals surface area contributed by atoms with Gasteiger partial charge < -0.3 is 14.6 Å². The average Bonchev–Trinajstić information content (AvgIpc) is 2.63. The number of esters is 1. The Kier molecular flexibility index (Phi) is 11.2. The van der Waals surface area contributed by atoms with Gasteiger partial charge >= 0.3 is 11.9 Å². The molecule has 1 N–H and O–H groups in total. The first-order valence-corrected chi connectivity index (χ1v) is 9.88. The summed E-state index contributed by atoms with van der Waals surface area (Å²) in [6, 6.07) is 0. The lowest BCUT2D eigenvalue weighted by Crippen LogP contribution is -2.36. The molecule has 2 unspecified atom stereocenters. The summed E-state index contributed by atoms with van der Waals surface area (Å²) >= 11 is 0. The molecule has 2 atom stereocenters. The maximum atomic E-state index is 12.3. The molecule has 0 spiro atoms. The van der Waals surface area contributed by atoms with Crippen molar-refractivity contribution in [1.82, 2.24) is 4.90 Å². The van der Waals surface area contributed by atoms with E-state index in [1.165, 1.54) is 0 Å². The van der Waals surface area contributed by atoms with Crippen LogP contribution in [0.3, 0.4) is 0 Å². The monoisotopic (exact) mass is 369 g/mol. The number of nitrogens with zero attached hydrogens (tertiary/aromatic N) is 1. The topological polar surface area (TPSA) is 76.1 Å². The Morgan fingerprint density at radius 2 is 1.81 bits per heavy atom. The lowest BCUT2D eigenvalue weighted by molar-refractivity contribution is -0.146. The van der Waals surface area contributed by atoms with Gasteiger partial charge in [-0.05, 0) is 38.6 Å². The summed E-state index contributed by atoms with van der Waals surface area (Å²) in [5.74, 6) is -1.33. The predicted molar refractivity (Wildman–Crippen MR) is 101 cm³/mol. The fourth-order valence-corrected chi connectivity index (χ4v) is 2.90. The van der Waals surface area contributed by atoms with E-state index in [1.54, 1.807) is 0 Å². The Labute approximate surface area is 157 Å². The van der Waals surface area contributed by atoms with Gasteiger partial charge in [0.2, 0.25) is 0 Å². The Bertz CT molecular complexity index is 457. The zero-order valence-corrected chi connectivity index (χ0v) is 16.5. The number of aliphatic carboxylic acids is 1. The molecular formula is C20H35NO5. The summed E-state index contributed by atoms with van der Waals surface area (Å²) in [6.07, 6.45) is 6.14. The van der Waals surface area contributed by atoms with Crippen LogP contribution in [0.2, 0.25) is 0 Å². The molecule has 0 aromatic rings. The van der Waals surface area contributed by atoms with Crippen LogP contribution in [0.15, 0.2) is 11.6 Å². The van der Waals surface area contributed by atoms with Gasteiger partial charge in [0.25, 0.3) is 0 Å². The highest BCUT2D eigenvalue weighted by Gasteiger charge is 2.19. The largest absolute Gasteiger partial charge is 0.478 e. The number of carbonyl (C=O) groups excluding carboxylic acids is 1. The van der Waals surface area contributed by atoms with E-state index in [4.69, 9.17) is 14.6 Å². The summed E-state index contributed by atoms with van der Waals surface area (Å²) in [5.41, 5.74) is 0.265. The summed E-state index contributed by atoms with van der Waals surface area (Å²) in [4.78, 5) is 25.7. The summed E-state index contributed by atoms with van der Waals surface area (Å²) in [6.45, 7) is 10.6. The van der Waals surface area contributed by atoms with Gasteiger partial charge in [0.05, 0.1) is 13.2 Å². The fraction of sp³-hybridized carbons (Fsp3) is 0.800. The van der Waals surface area contributed by atoms with E-state index in [9.17, 15) is 9.59 Å². The zero-order chi connectivity index (χ0) is 19.4. The van der Waals surface area contributed by atoms with E-state index in [1.807, 2.05) is 20.8 Å². The highest BCUT2D eigenvalue weighted by molar-refractivity contribution is 5.95. The van der Waals surface area contributed by atoms with E-state index in [2.05, 4.69) is 4.90 Å². The number of carbonyl (C=O) groups is 2. The third kappa shape index (κ3) is 9.34. The van der Waals surface area contributed by atoms with Crippen molar-refractivity contribution in [3.63, 3.8) is 0 Å². The zero-order valence-electron chi connectivity index (χ0n) is 16.5. The van der Waals surface area contributed by atoms with Crippen LogP contribution in [-0.2, 0) is 19.1 Å². The second-order valence-electron chi connectivity index (χ2n) is 7.12. The van der Waals surface area contributed by atoms with Gasteiger partial charge in [-0.1, -0.05) is 33.1 Å². The molecule has 0 aromatic heterocycles. The number of hydrogen-bond donors (Lipinski definition) is 1. The van der Waals surface area contributed by atoms with Crippen molar-refractivity contribution in [1.29, 1.82) is 0 Å². The summed E-state index contributed by atoms with van der Waals surface area (Å²) in [7, 11) is 0. The molecule has 1 saturated heterocycles. The Morgan fingerprint density at radius 1 is 1.15 bits per heavy atom. The van der Waals surface area contributed by atoms with Crippen LogP contribution in [0.4, 0.5) is 0 Å². The lowest BCUT2D eigenvalue weighted by Gasteiger charge is -2.26. The van der Waals surface area contributed by atoms with Crippen LogP contribution < -0.4 is 0 Å². The van der Waals surface area contributed by atoms with Gasteiger partial charge in [-0.2, -0.15) is 0 Å². The predicted octanol–water partition coefficient (Wildman–Crippen LogP) is 3.26. The smallest absolute Gasteiger partial charge is 0.334 e. The van der Waals surface area contributed by atoms with Crippen molar-refractivity contribution in [2.24, 2.45) is 5.92 Å². The molecule has 0 amide bonds. The van der Waals surface area contributed by atoms with Crippen LogP contribution in [0, 0.1) is 5.92 Å². The molecule has 0 aromatic carbocycles. The van der Waals surface area contributed by atoms with Gasteiger partial charge in [0.15, 0.2) is 0 Å². The van der Waals surface area contributed by atoms with E-state index >= 15 is 0 Å². The second kappa shape index (κ2) is 12.9. The van der Waals surface area contributed by atoms with Crippen LogP contribution in [0.25, 0.3) is 0 Å². The maximum absolute atomic E-state index is 12.3. The minimum Gasteiger partial charge on any atom is -0.478 e. The molecule has 0 radical (unpaired) electrons. The van der Waals surface area contributed by atoms with E-state index < -0.39 is 11.9 Å². The standard InChI is InChI=1S/C20H35NO5/c1-4-16(2)17(3)26-20(24)18(15-19(22)23)9-7-5-6-8-10-21-11-13-25-14-12-21/h15-17H,4-14H2,1-3H3,(H,22,23)/b18-15+. The van der Waals surface area contributed by atoms with Crippen LogP contribution in [0.5, 0.6) is 0 Å². The molecule has 150 valence electrons. The van der Waals surface area contributed by atoms with Crippen LogP contribution in [-0.4, -0.2) is 60.9 Å². The molecule has 1 aliphatic heterocycles. The normalized spacial score (nSPS) is 18.3. The number of carboxylic acid groups (broad SMARTS) is 1. The molecule has 0 bridgehead atoms. The number of carboxylic acids is 1. The van der Waals surface area contributed by atoms with Crippen molar-refractivity contribution >= 4 is 11.9 Å². The van der Waals surface area contributed by atoms with Crippen LogP contribution in [0.1, 0.15) is 59.3 Å². The van der Waals surface area contributed by atoms with Gasteiger partial charge in [-0.15, -0.1) is 0 Å². The highest BCUT2D eigenvalue weighted by Crippen LogP contribution is 2.17. The van der Waals surface area contributed by atoms with Gasteiger partial charge in [-0.3, -0.25) is 4.90 Å². The van der Waals surface area contributed by atoms with Crippen molar-refractivity contribution in [2.45, 2.75) is 65.4 Å². The van der Waals surface area contributed by atoms with Crippen molar-refractivity contribution in [2.75, 3.05) is 32.8 Å². The molecule has 26 heavy (non-hydrogen) atoms. The van der Waals surface area contributed by atoms with Crippen molar-refractivity contribution in [3.8, 4) is 0 Å². The first-order valence-electron chi connectivity index (χ1n) is 9.88. The van der Waals surface area contributed by atoms with Gasteiger partial charge in [-0.25, -0.2) is 9.59 Å². The average molecular weight is 370 g/mol. The molecule has 1 rings (SSSR count). The first kappa shape index (κ1) is 22.6. The van der Waals surface area contributed by atoms with Gasteiger partial charge in [0.1, 0.15) is 6.10 Å². The molecule has 1 fully saturated rings. The third-order valence-electron chi connectivity index (χ3n) is 5.07. The molecule has 6 heteroatoms. The number of morpholine rings is 1. The summed E-state index contributed by atoms with van der Waals surface area (Å²) < 4.78 is 10.8. The van der Waals surface area contributed by atoms with Gasteiger partial charge in [0, 0.05) is 24.7 Å². The molecule has 6 nitrogen and oxygen atoms in total. The number of rotatable bonds is 12. The maximum Gasteiger partial charge on any atom is 0.334 e. The highest BCUT2D eigenvalue weighted by atomic mass is 16.5. The Morgan fingerprint density at radius 3 is 2.42 bits per heavy atom. The summed E-state index contributed by atoms with van der Waals surface area (Å²) in [5, 5.41) is 9.01. The van der Waals surface area contributed by atoms with Crippen LogP contribution >= 0.6 is 0 Å². The Hall–Kier alpha value is -1.40. The number of unbranched alkanes of at least 4 members (excludes halogenated alkanes) is 3. The minimum absolute atomic E-state index is 0.210. The van der Waals surface area contributed by atoms with Crippen molar-refractivity contribution in [3.05, 3.63) is 11.6 Å². The molecule has 0 saturated carbocycles. The second-order valence-corrected chi connectivity index (χ2v) is 7.12. The molecule has 1 aliphatic rings. The van der Waals surface area contributed by atoms with Crippen molar-refractivity contribution < 1.29 is 24.2 Å². The van der Waals surface area contributed by atoms with E-state index in [0.717, 1.165) is 71.0 Å². The lowest BCUT2D eigenvalue weighted by atomic mass is 10.0. The molecular weight excluding hydrogens is 334 g/mol. The Balaban J connectivity index is 2.31. The van der Waals surface area contributed by atoms with E-state index in [0.29, 0.717) is 6.42 Å².